The van der Waals surface area contributed by atoms with Crippen LogP contribution < -0.4 is 14.8 Å². The second-order valence-corrected chi connectivity index (χ2v) is 7.42. The number of hydrogen-bond donors (Lipinski definition) is 2. The molecule has 3 aromatic carbocycles. The number of hydrogen-bond acceptors (Lipinski definition) is 4. The fourth-order valence-electron chi connectivity index (χ4n) is 2.83. The largest absolute Gasteiger partial charge is 0.493 e. The number of aromatic carboxylic acids is 1. The summed E-state index contributed by atoms with van der Waals surface area (Å²) >= 11 is 3.60. The van der Waals surface area contributed by atoms with E-state index in [4.69, 9.17) is 14.6 Å². The molecule has 0 amide bonds. The number of carboxylic acids is 1. The summed E-state index contributed by atoms with van der Waals surface area (Å²) in [4.78, 5) is 11.0. The van der Waals surface area contributed by atoms with Crippen LogP contribution >= 0.6 is 15.9 Å². The van der Waals surface area contributed by atoms with Gasteiger partial charge in [-0.25, -0.2) is 4.79 Å². The Labute approximate surface area is 178 Å². The van der Waals surface area contributed by atoms with Crippen LogP contribution in [0, 0.1) is 6.92 Å². The highest BCUT2D eigenvalue weighted by atomic mass is 79.9. The smallest absolute Gasteiger partial charge is 0.335 e. The zero-order chi connectivity index (χ0) is 20.8. The zero-order valence-corrected chi connectivity index (χ0v) is 17.8. The Morgan fingerprint density at radius 1 is 1.03 bits per heavy atom. The highest BCUT2D eigenvalue weighted by molar-refractivity contribution is 9.10. The molecule has 3 aromatic rings. The monoisotopic (exact) mass is 455 g/mol. The summed E-state index contributed by atoms with van der Waals surface area (Å²) in [6, 6.07) is 18.6. The standard InChI is InChI=1S/C23H22BrNO4/c1-15-3-5-16(6-4-15)14-29-22-19(20(24)11-12-21(22)28-2)13-25-18-9-7-17(8-10-18)23(26)27/h3-12,25H,13-14H2,1-2H3,(H,26,27). The lowest BCUT2D eigenvalue weighted by atomic mass is 10.1. The van der Waals surface area contributed by atoms with Crippen molar-refractivity contribution in [1.82, 2.24) is 0 Å². The molecule has 0 aliphatic carbocycles. The fourth-order valence-corrected chi connectivity index (χ4v) is 3.28. The van der Waals surface area contributed by atoms with Crippen LogP contribution in [0.5, 0.6) is 11.5 Å². The van der Waals surface area contributed by atoms with Gasteiger partial charge in [-0.1, -0.05) is 45.8 Å². The number of aryl methyl sites for hydroxylation is 1. The Kier molecular flexibility index (Phi) is 6.77. The third-order valence-electron chi connectivity index (χ3n) is 4.49. The van der Waals surface area contributed by atoms with Gasteiger partial charge in [0, 0.05) is 22.3 Å². The van der Waals surface area contributed by atoms with Gasteiger partial charge >= 0.3 is 5.97 Å². The quantitative estimate of drug-likeness (QED) is 0.458. The third-order valence-corrected chi connectivity index (χ3v) is 5.23. The first-order chi connectivity index (χ1) is 14.0. The average Bonchev–Trinajstić information content (AvgIpc) is 2.73. The van der Waals surface area contributed by atoms with Gasteiger partial charge < -0.3 is 19.9 Å². The van der Waals surface area contributed by atoms with E-state index in [1.54, 1.807) is 31.4 Å². The molecule has 0 fully saturated rings. The van der Waals surface area contributed by atoms with Crippen LogP contribution in [0.4, 0.5) is 5.69 Å². The van der Waals surface area contributed by atoms with Gasteiger partial charge in [0.05, 0.1) is 12.7 Å². The topological polar surface area (TPSA) is 67.8 Å². The second-order valence-electron chi connectivity index (χ2n) is 6.57. The summed E-state index contributed by atoms with van der Waals surface area (Å²) in [5.41, 5.74) is 4.25. The van der Waals surface area contributed by atoms with Crippen LogP contribution in [-0.2, 0) is 13.2 Å². The van der Waals surface area contributed by atoms with Gasteiger partial charge in [0.25, 0.3) is 0 Å². The third kappa shape index (κ3) is 5.29. The summed E-state index contributed by atoms with van der Waals surface area (Å²) in [6.07, 6.45) is 0. The number of methoxy groups -OCH3 is 1. The maximum Gasteiger partial charge on any atom is 0.335 e. The Balaban J connectivity index is 1.79. The number of rotatable bonds is 8. The van der Waals surface area contributed by atoms with E-state index in [0.717, 1.165) is 21.3 Å². The Morgan fingerprint density at radius 3 is 2.34 bits per heavy atom. The molecule has 3 rings (SSSR count). The maximum atomic E-state index is 11.0. The molecular formula is C23H22BrNO4. The number of nitrogens with one attached hydrogen (secondary N) is 1. The van der Waals surface area contributed by atoms with Gasteiger partial charge in [0.15, 0.2) is 11.5 Å². The minimum atomic E-state index is -0.945. The first-order valence-corrected chi connectivity index (χ1v) is 9.88. The minimum Gasteiger partial charge on any atom is -0.493 e. The zero-order valence-electron chi connectivity index (χ0n) is 16.2. The van der Waals surface area contributed by atoms with Crippen molar-refractivity contribution in [3.63, 3.8) is 0 Å². The number of ether oxygens (including phenoxy) is 2. The van der Waals surface area contributed by atoms with Crippen LogP contribution in [0.15, 0.2) is 65.1 Å². The number of halogens is 1. The van der Waals surface area contributed by atoms with Gasteiger partial charge in [0.1, 0.15) is 6.61 Å². The first kappa shape index (κ1) is 20.7. The fraction of sp³-hybridized carbons (Fsp3) is 0.174. The molecule has 0 spiro atoms. The molecule has 0 heterocycles. The van der Waals surface area contributed by atoms with Crippen LogP contribution in [-0.4, -0.2) is 18.2 Å². The van der Waals surface area contributed by atoms with Crippen molar-refractivity contribution in [3.05, 3.63) is 87.4 Å². The predicted octanol–water partition coefficient (Wildman–Crippen LogP) is 5.66. The van der Waals surface area contributed by atoms with Crippen molar-refractivity contribution in [2.45, 2.75) is 20.1 Å². The Hall–Kier alpha value is -2.99. The molecule has 2 N–H and O–H groups in total. The molecule has 5 nitrogen and oxygen atoms in total. The molecule has 29 heavy (non-hydrogen) atoms. The molecule has 0 aliphatic heterocycles. The van der Waals surface area contributed by atoms with Crippen molar-refractivity contribution in [1.29, 1.82) is 0 Å². The summed E-state index contributed by atoms with van der Waals surface area (Å²) in [7, 11) is 1.61. The molecule has 0 unspecified atom stereocenters. The highest BCUT2D eigenvalue weighted by Crippen LogP contribution is 2.37. The lowest BCUT2D eigenvalue weighted by Crippen LogP contribution is -2.06. The molecule has 0 aliphatic rings. The average molecular weight is 456 g/mol. The van der Waals surface area contributed by atoms with Crippen molar-refractivity contribution in [3.8, 4) is 11.5 Å². The summed E-state index contributed by atoms with van der Waals surface area (Å²) < 4.78 is 12.5. The number of carbonyl (C=O) groups is 1. The van der Waals surface area contributed by atoms with E-state index < -0.39 is 5.97 Å². The molecule has 0 saturated carbocycles. The van der Waals surface area contributed by atoms with Crippen LogP contribution in [0.25, 0.3) is 0 Å². The lowest BCUT2D eigenvalue weighted by molar-refractivity contribution is 0.0697. The molecule has 0 saturated heterocycles. The van der Waals surface area contributed by atoms with Gasteiger partial charge in [-0.3, -0.25) is 0 Å². The van der Waals surface area contributed by atoms with Crippen LogP contribution in [0.1, 0.15) is 27.0 Å². The van der Waals surface area contributed by atoms with Crippen molar-refractivity contribution >= 4 is 27.6 Å². The number of anilines is 1. The maximum absolute atomic E-state index is 11.0. The van der Waals surface area contributed by atoms with E-state index in [-0.39, 0.29) is 5.56 Å². The number of benzene rings is 3. The molecule has 6 heteroatoms. The van der Waals surface area contributed by atoms with E-state index in [0.29, 0.717) is 24.7 Å². The first-order valence-electron chi connectivity index (χ1n) is 9.09. The van der Waals surface area contributed by atoms with Gasteiger partial charge in [-0.2, -0.15) is 0 Å². The van der Waals surface area contributed by atoms with Crippen LogP contribution in [0.2, 0.25) is 0 Å². The summed E-state index contributed by atoms with van der Waals surface area (Å²) in [6.45, 7) is 2.95. The van der Waals surface area contributed by atoms with Crippen LogP contribution in [0.3, 0.4) is 0 Å². The predicted molar refractivity (Wildman–Crippen MR) is 117 cm³/mol. The summed E-state index contributed by atoms with van der Waals surface area (Å²) in [5, 5.41) is 12.3. The van der Waals surface area contributed by atoms with E-state index in [1.807, 2.05) is 24.3 Å². The van der Waals surface area contributed by atoms with Crippen molar-refractivity contribution in [2.75, 3.05) is 12.4 Å². The van der Waals surface area contributed by atoms with Gasteiger partial charge in [0.2, 0.25) is 0 Å². The summed E-state index contributed by atoms with van der Waals surface area (Å²) in [5.74, 6) is 0.370. The van der Waals surface area contributed by atoms with E-state index in [1.165, 1.54) is 5.56 Å². The van der Waals surface area contributed by atoms with E-state index in [9.17, 15) is 4.79 Å². The normalized spacial score (nSPS) is 10.4. The lowest BCUT2D eigenvalue weighted by Gasteiger charge is -2.18. The van der Waals surface area contributed by atoms with Gasteiger partial charge in [-0.05, 0) is 48.9 Å². The van der Waals surface area contributed by atoms with E-state index >= 15 is 0 Å². The minimum absolute atomic E-state index is 0.250. The highest BCUT2D eigenvalue weighted by Gasteiger charge is 2.15. The molecule has 0 radical (unpaired) electrons. The Bertz CT molecular complexity index is 985. The molecule has 0 aromatic heterocycles. The molecule has 0 atom stereocenters. The molecular weight excluding hydrogens is 434 g/mol. The molecule has 0 bridgehead atoms. The number of carboxylic acid groups (broad SMARTS) is 1. The molecule has 150 valence electrons. The van der Waals surface area contributed by atoms with Crippen molar-refractivity contribution in [2.24, 2.45) is 0 Å². The Morgan fingerprint density at radius 2 is 1.72 bits per heavy atom. The van der Waals surface area contributed by atoms with E-state index in [2.05, 4.69) is 40.3 Å². The SMILES string of the molecule is COc1ccc(Br)c(CNc2ccc(C(=O)O)cc2)c1OCc1ccc(C)cc1. The van der Waals surface area contributed by atoms with Crippen molar-refractivity contribution < 1.29 is 19.4 Å². The van der Waals surface area contributed by atoms with Gasteiger partial charge in [-0.15, -0.1) is 0 Å². The second kappa shape index (κ2) is 9.47.